The Balaban J connectivity index is 3.23. The van der Waals surface area contributed by atoms with Crippen molar-refractivity contribution < 1.29 is 31.8 Å². The van der Waals surface area contributed by atoms with Crippen LogP contribution in [0, 0.1) is 29.2 Å². The standard InChI is InChI=1S/C27H44F4O3/c1-8-9-10-11-12-13-14-22(16-15-21-17-23(28)25(30)26(31)24(21)29)27(32-18(2)3,33-19(4)5)34-20(6)7/h17-20,22H,8-16H2,1-7H3. The minimum atomic E-state index is -1.80. The Hall–Kier alpha value is -1.18. The Morgan fingerprint density at radius 1 is 0.676 bits per heavy atom. The highest BCUT2D eigenvalue weighted by Gasteiger charge is 2.45. The maximum Gasteiger partial charge on any atom is 0.286 e. The van der Waals surface area contributed by atoms with Gasteiger partial charge in [0, 0.05) is 5.92 Å². The Morgan fingerprint density at radius 3 is 1.68 bits per heavy atom. The third-order valence-corrected chi connectivity index (χ3v) is 5.55. The highest BCUT2D eigenvalue weighted by Crippen LogP contribution is 2.37. The van der Waals surface area contributed by atoms with Gasteiger partial charge in [-0.2, -0.15) is 0 Å². The first-order valence-electron chi connectivity index (χ1n) is 12.8. The monoisotopic (exact) mass is 492 g/mol. The van der Waals surface area contributed by atoms with Crippen LogP contribution in [0.4, 0.5) is 17.6 Å². The fourth-order valence-electron chi connectivity index (χ4n) is 4.16. The molecule has 0 bridgehead atoms. The van der Waals surface area contributed by atoms with Crippen LogP contribution in [-0.4, -0.2) is 24.3 Å². The summed E-state index contributed by atoms with van der Waals surface area (Å²) in [5.41, 5.74) is -0.211. The van der Waals surface area contributed by atoms with Crippen LogP contribution in [0.5, 0.6) is 0 Å². The van der Waals surface area contributed by atoms with Gasteiger partial charge < -0.3 is 14.2 Å². The van der Waals surface area contributed by atoms with Gasteiger partial charge in [-0.3, -0.25) is 0 Å². The van der Waals surface area contributed by atoms with Gasteiger partial charge >= 0.3 is 0 Å². The molecular formula is C27H44F4O3. The molecule has 0 aliphatic heterocycles. The maximum atomic E-state index is 14.4. The van der Waals surface area contributed by atoms with Crippen LogP contribution < -0.4 is 0 Å². The zero-order valence-corrected chi connectivity index (χ0v) is 22.0. The van der Waals surface area contributed by atoms with Crippen LogP contribution in [0.2, 0.25) is 0 Å². The van der Waals surface area contributed by atoms with E-state index in [-0.39, 0.29) is 36.2 Å². The molecule has 0 saturated heterocycles. The third-order valence-electron chi connectivity index (χ3n) is 5.55. The predicted octanol–water partition coefficient (Wildman–Crippen LogP) is 8.47. The van der Waals surface area contributed by atoms with Gasteiger partial charge in [0.25, 0.3) is 5.97 Å². The van der Waals surface area contributed by atoms with E-state index < -0.39 is 29.2 Å². The molecule has 1 aromatic rings. The molecule has 0 aliphatic rings. The molecule has 7 heteroatoms. The Labute approximate surface area is 203 Å². The molecule has 0 spiro atoms. The summed E-state index contributed by atoms with van der Waals surface area (Å²) in [4.78, 5) is 0. The molecule has 0 amide bonds. The van der Waals surface area contributed by atoms with Gasteiger partial charge in [-0.05, 0) is 72.4 Å². The lowest BCUT2D eigenvalue weighted by Gasteiger charge is -2.43. The van der Waals surface area contributed by atoms with Crippen LogP contribution in [-0.2, 0) is 20.6 Å². The van der Waals surface area contributed by atoms with Gasteiger partial charge in [0.05, 0.1) is 18.3 Å². The number of aryl methyl sites for hydroxylation is 1. The Bertz CT molecular complexity index is 696. The molecule has 0 aliphatic carbocycles. The van der Waals surface area contributed by atoms with Crippen molar-refractivity contribution in [2.24, 2.45) is 5.92 Å². The van der Waals surface area contributed by atoms with Crippen molar-refractivity contribution in [1.82, 2.24) is 0 Å². The van der Waals surface area contributed by atoms with E-state index in [1.165, 1.54) is 12.8 Å². The average molecular weight is 493 g/mol. The minimum absolute atomic E-state index is 0.00737. The summed E-state index contributed by atoms with van der Waals surface area (Å²) in [7, 11) is 0. The largest absolute Gasteiger partial charge is 0.324 e. The van der Waals surface area contributed by atoms with Gasteiger partial charge in [-0.1, -0.05) is 45.4 Å². The van der Waals surface area contributed by atoms with E-state index in [9.17, 15) is 17.6 Å². The van der Waals surface area contributed by atoms with Crippen LogP contribution >= 0.6 is 0 Å². The molecule has 0 radical (unpaired) electrons. The van der Waals surface area contributed by atoms with Crippen molar-refractivity contribution in [3.05, 3.63) is 34.9 Å². The zero-order valence-electron chi connectivity index (χ0n) is 22.0. The minimum Gasteiger partial charge on any atom is -0.324 e. The number of halogens is 4. The summed E-state index contributed by atoms with van der Waals surface area (Å²) in [5.74, 6) is -8.07. The SMILES string of the molecule is CCCCCCCCC(CCc1cc(F)c(F)c(F)c1F)C(OC(C)C)(OC(C)C)OC(C)C. The van der Waals surface area contributed by atoms with Gasteiger partial charge in [0.15, 0.2) is 23.3 Å². The first kappa shape index (κ1) is 30.9. The van der Waals surface area contributed by atoms with Crippen LogP contribution in [0.1, 0.15) is 105 Å². The highest BCUT2D eigenvalue weighted by molar-refractivity contribution is 5.22. The van der Waals surface area contributed by atoms with E-state index in [1.54, 1.807) is 0 Å². The molecule has 3 nitrogen and oxygen atoms in total. The zero-order chi connectivity index (χ0) is 25.9. The fourth-order valence-corrected chi connectivity index (χ4v) is 4.16. The number of benzene rings is 1. The van der Waals surface area contributed by atoms with E-state index in [0.29, 0.717) is 12.8 Å². The summed E-state index contributed by atoms with van der Waals surface area (Å²) in [5, 5.41) is 0. The normalized spacial score (nSPS) is 13.5. The molecular weight excluding hydrogens is 448 g/mol. The van der Waals surface area contributed by atoms with Crippen molar-refractivity contribution in [1.29, 1.82) is 0 Å². The summed E-state index contributed by atoms with van der Waals surface area (Å²) in [6.07, 6.45) is 6.83. The number of hydrogen-bond donors (Lipinski definition) is 0. The smallest absolute Gasteiger partial charge is 0.286 e. The topological polar surface area (TPSA) is 27.7 Å². The quantitative estimate of drug-likeness (QED) is 0.0717. The molecule has 1 rings (SSSR count). The van der Waals surface area contributed by atoms with Gasteiger partial charge in [-0.15, -0.1) is 0 Å². The lowest BCUT2D eigenvalue weighted by Crippen LogP contribution is -2.51. The fraction of sp³-hybridized carbons (Fsp3) is 0.778. The van der Waals surface area contributed by atoms with E-state index in [4.69, 9.17) is 14.2 Å². The summed E-state index contributed by atoms with van der Waals surface area (Å²) >= 11 is 0. The maximum absolute atomic E-state index is 14.4. The molecule has 1 atom stereocenters. The Kier molecular flexibility index (Phi) is 13.7. The van der Waals surface area contributed by atoms with E-state index in [2.05, 4.69) is 6.92 Å². The van der Waals surface area contributed by atoms with Crippen molar-refractivity contribution in [3.8, 4) is 0 Å². The molecule has 0 N–H and O–H groups in total. The predicted molar refractivity (Wildman–Crippen MR) is 127 cm³/mol. The van der Waals surface area contributed by atoms with Gasteiger partial charge in [0.2, 0.25) is 0 Å². The molecule has 0 fully saturated rings. The van der Waals surface area contributed by atoms with Crippen LogP contribution in [0.25, 0.3) is 0 Å². The van der Waals surface area contributed by atoms with Crippen molar-refractivity contribution in [3.63, 3.8) is 0 Å². The number of rotatable bonds is 17. The van der Waals surface area contributed by atoms with E-state index in [1.807, 2.05) is 41.5 Å². The van der Waals surface area contributed by atoms with Crippen LogP contribution in [0.3, 0.4) is 0 Å². The summed E-state index contributed by atoms with van der Waals surface area (Å²) in [6, 6.07) is 0.729. The number of ether oxygens (including phenoxy) is 3. The van der Waals surface area contributed by atoms with Gasteiger partial charge in [0.1, 0.15) is 0 Å². The van der Waals surface area contributed by atoms with Crippen molar-refractivity contribution >= 4 is 0 Å². The average Bonchev–Trinajstić information content (AvgIpc) is 2.72. The number of hydrogen-bond acceptors (Lipinski definition) is 3. The van der Waals surface area contributed by atoms with Crippen molar-refractivity contribution in [2.75, 3.05) is 0 Å². The highest BCUT2D eigenvalue weighted by atomic mass is 19.2. The van der Waals surface area contributed by atoms with Crippen molar-refractivity contribution in [2.45, 2.75) is 131 Å². The summed E-state index contributed by atoms with van der Waals surface area (Å²) < 4.78 is 74.2. The second-order valence-corrected chi connectivity index (χ2v) is 9.85. The molecule has 198 valence electrons. The molecule has 0 heterocycles. The van der Waals surface area contributed by atoms with Gasteiger partial charge in [-0.25, -0.2) is 17.6 Å². The summed E-state index contributed by atoms with van der Waals surface area (Å²) in [6.45, 7) is 13.5. The molecule has 1 aromatic carbocycles. The molecule has 0 saturated carbocycles. The number of unbranched alkanes of at least 4 members (excludes halogenated alkanes) is 5. The lowest BCUT2D eigenvalue weighted by atomic mass is 9.90. The third kappa shape index (κ3) is 9.82. The van der Waals surface area contributed by atoms with E-state index in [0.717, 1.165) is 31.7 Å². The molecule has 0 aromatic heterocycles. The Morgan fingerprint density at radius 2 is 1.18 bits per heavy atom. The van der Waals surface area contributed by atoms with E-state index >= 15 is 0 Å². The first-order chi connectivity index (χ1) is 15.9. The first-order valence-corrected chi connectivity index (χ1v) is 12.8. The molecule has 34 heavy (non-hydrogen) atoms. The van der Waals surface area contributed by atoms with Crippen LogP contribution in [0.15, 0.2) is 6.07 Å². The lowest BCUT2D eigenvalue weighted by molar-refractivity contribution is -0.433. The molecule has 1 unspecified atom stereocenters. The second-order valence-electron chi connectivity index (χ2n) is 9.85. The second kappa shape index (κ2) is 15.0.